The largest absolute Gasteiger partial charge is 0.480 e. The fraction of sp³-hybridized carbons (Fsp3) is 0.250. The van der Waals surface area contributed by atoms with Crippen LogP contribution in [0, 0.1) is 0 Å². The third kappa shape index (κ3) is 2.45. The maximum atomic E-state index is 12.4. The summed E-state index contributed by atoms with van der Waals surface area (Å²) in [4.78, 5) is 12.4. The molecule has 0 fully saturated rings. The summed E-state index contributed by atoms with van der Waals surface area (Å²) in [7, 11) is 0. The Morgan fingerprint density at radius 1 is 1.00 bits per heavy atom. The zero-order valence-corrected chi connectivity index (χ0v) is 13.2. The second-order valence-corrected chi connectivity index (χ2v) is 6.72. The Morgan fingerprint density at radius 3 is 2.27 bits per heavy atom. The van der Waals surface area contributed by atoms with Crippen LogP contribution in [-0.4, -0.2) is 5.78 Å². The number of benzene rings is 2. The maximum absolute atomic E-state index is 12.4. The molecule has 112 valence electrons. The van der Waals surface area contributed by atoms with Crippen LogP contribution in [0.25, 0.3) is 0 Å². The average Bonchev–Trinajstić information content (AvgIpc) is 2.50. The van der Waals surface area contributed by atoms with Crippen molar-refractivity contribution >= 4 is 5.78 Å². The summed E-state index contributed by atoms with van der Waals surface area (Å²) in [5.74, 6) is 0.594. The molecule has 0 N–H and O–H groups in total. The van der Waals surface area contributed by atoms with E-state index in [0.29, 0.717) is 16.9 Å². The molecular formula is C20H20O2. The Hall–Kier alpha value is -2.35. The molecule has 3 rings (SSSR count). The van der Waals surface area contributed by atoms with Crippen LogP contribution in [-0.2, 0) is 5.41 Å². The lowest BCUT2D eigenvalue weighted by molar-refractivity contribution is 0.0962. The zero-order chi connectivity index (χ0) is 15.9. The van der Waals surface area contributed by atoms with Gasteiger partial charge in [0.1, 0.15) is 5.75 Å². The highest BCUT2D eigenvalue weighted by Crippen LogP contribution is 2.37. The Bertz CT molecular complexity index is 733. The van der Waals surface area contributed by atoms with Gasteiger partial charge in [0.25, 0.3) is 0 Å². The number of carbonyl (C=O) groups is 1. The quantitative estimate of drug-likeness (QED) is 0.702. The Morgan fingerprint density at radius 2 is 1.64 bits per heavy atom. The van der Waals surface area contributed by atoms with Crippen LogP contribution in [0.1, 0.15) is 48.4 Å². The van der Waals surface area contributed by atoms with Crippen molar-refractivity contribution < 1.29 is 9.53 Å². The van der Waals surface area contributed by atoms with E-state index in [1.807, 2.05) is 30.3 Å². The molecule has 2 heteroatoms. The van der Waals surface area contributed by atoms with Gasteiger partial charge in [-0.25, -0.2) is 0 Å². The number of hydrogen-bond acceptors (Lipinski definition) is 2. The number of ketones is 1. The number of ether oxygens (including phenoxy) is 1. The first-order valence-corrected chi connectivity index (χ1v) is 7.47. The molecule has 2 nitrogen and oxygen atoms in total. The van der Waals surface area contributed by atoms with Crippen molar-refractivity contribution in [3.63, 3.8) is 0 Å². The normalized spacial score (nSPS) is 17.9. The molecule has 0 saturated heterocycles. The van der Waals surface area contributed by atoms with E-state index in [1.165, 1.54) is 5.56 Å². The minimum atomic E-state index is -0.406. The van der Waals surface area contributed by atoms with Crippen LogP contribution in [0.4, 0.5) is 0 Å². The molecular weight excluding hydrogens is 272 g/mol. The van der Waals surface area contributed by atoms with Crippen LogP contribution in [0.2, 0.25) is 0 Å². The van der Waals surface area contributed by atoms with Crippen molar-refractivity contribution in [2.24, 2.45) is 0 Å². The average molecular weight is 292 g/mol. The van der Waals surface area contributed by atoms with Gasteiger partial charge in [0.05, 0.1) is 5.56 Å². The van der Waals surface area contributed by atoms with Crippen molar-refractivity contribution in [3.8, 4) is 5.75 Å². The third-order valence-corrected chi connectivity index (χ3v) is 4.06. The van der Waals surface area contributed by atoms with Gasteiger partial charge in [-0.3, -0.25) is 4.79 Å². The Balaban J connectivity index is 1.96. The monoisotopic (exact) mass is 292 g/mol. The van der Waals surface area contributed by atoms with Gasteiger partial charge in [0.2, 0.25) is 0 Å². The van der Waals surface area contributed by atoms with Gasteiger partial charge < -0.3 is 4.74 Å². The van der Waals surface area contributed by atoms with Gasteiger partial charge >= 0.3 is 0 Å². The summed E-state index contributed by atoms with van der Waals surface area (Å²) >= 11 is 0. The number of fused-ring (bicyclic) bond motifs is 1. The van der Waals surface area contributed by atoms with E-state index in [1.54, 1.807) is 6.07 Å². The van der Waals surface area contributed by atoms with E-state index in [-0.39, 0.29) is 11.2 Å². The summed E-state index contributed by atoms with van der Waals surface area (Å²) < 4.78 is 6.01. The number of hydrogen-bond donors (Lipinski definition) is 0. The van der Waals surface area contributed by atoms with E-state index >= 15 is 0 Å². The van der Waals surface area contributed by atoms with Gasteiger partial charge in [-0.1, -0.05) is 63.7 Å². The molecule has 0 unspecified atom stereocenters. The molecule has 0 aliphatic carbocycles. The SMILES string of the molecule is C=C1C(=O)c2ccccc2O[C@@H]1c1ccc(C(C)(C)C)cc1. The van der Waals surface area contributed by atoms with Crippen LogP contribution < -0.4 is 4.74 Å². The van der Waals surface area contributed by atoms with Crippen LogP contribution >= 0.6 is 0 Å². The molecule has 0 saturated carbocycles. The van der Waals surface area contributed by atoms with E-state index in [0.717, 1.165) is 5.56 Å². The van der Waals surface area contributed by atoms with E-state index in [4.69, 9.17) is 4.74 Å². The van der Waals surface area contributed by atoms with Crippen molar-refractivity contribution in [2.45, 2.75) is 32.3 Å². The predicted octanol–water partition coefficient (Wildman–Crippen LogP) is 4.86. The summed E-state index contributed by atoms with van der Waals surface area (Å²) in [6, 6.07) is 15.6. The summed E-state index contributed by atoms with van der Waals surface area (Å²) in [5, 5.41) is 0. The van der Waals surface area contributed by atoms with Crippen LogP contribution in [0.3, 0.4) is 0 Å². The topological polar surface area (TPSA) is 26.3 Å². The number of para-hydroxylation sites is 1. The van der Waals surface area contributed by atoms with Crippen molar-refractivity contribution in [1.82, 2.24) is 0 Å². The smallest absolute Gasteiger partial charge is 0.196 e. The van der Waals surface area contributed by atoms with Gasteiger partial charge in [-0.05, 0) is 28.7 Å². The molecule has 2 aromatic carbocycles. The lowest BCUT2D eigenvalue weighted by atomic mass is 9.85. The molecule has 0 aromatic heterocycles. The second-order valence-electron chi connectivity index (χ2n) is 6.72. The number of Topliss-reactive ketones (excluding diaryl/α,β-unsaturated/α-hetero) is 1. The lowest BCUT2D eigenvalue weighted by Gasteiger charge is -2.28. The molecule has 1 aliphatic rings. The first-order valence-electron chi connectivity index (χ1n) is 7.47. The Labute approximate surface area is 131 Å². The first kappa shape index (κ1) is 14.6. The zero-order valence-electron chi connectivity index (χ0n) is 13.2. The fourth-order valence-electron chi connectivity index (χ4n) is 2.67. The first-order chi connectivity index (χ1) is 10.4. The van der Waals surface area contributed by atoms with Crippen molar-refractivity contribution in [1.29, 1.82) is 0 Å². The van der Waals surface area contributed by atoms with Gasteiger partial charge in [-0.2, -0.15) is 0 Å². The standard InChI is InChI=1S/C20H20O2/c1-13-18(21)16-7-5-6-8-17(16)22-19(13)14-9-11-15(12-10-14)20(2,3)4/h5-12,19H,1H2,2-4H3/t19-/m0/s1. The highest BCUT2D eigenvalue weighted by atomic mass is 16.5. The van der Waals surface area contributed by atoms with Crippen molar-refractivity contribution in [2.75, 3.05) is 0 Å². The molecule has 0 bridgehead atoms. The minimum Gasteiger partial charge on any atom is -0.480 e. The second kappa shape index (κ2) is 5.13. The van der Waals surface area contributed by atoms with Gasteiger partial charge in [-0.15, -0.1) is 0 Å². The molecule has 1 aliphatic heterocycles. The highest BCUT2D eigenvalue weighted by Gasteiger charge is 2.31. The van der Waals surface area contributed by atoms with Crippen molar-refractivity contribution in [3.05, 3.63) is 77.4 Å². The van der Waals surface area contributed by atoms with E-state index < -0.39 is 6.10 Å². The fourth-order valence-corrected chi connectivity index (χ4v) is 2.67. The minimum absolute atomic E-state index is 0.0354. The number of rotatable bonds is 1. The summed E-state index contributed by atoms with van der Waals surface area (Å²) in [6.07, 6.45) is -0.406. The van der Waals surface area contributed by atoms with E-state index in [9.17, 15) is 4.79 Å². The van der Waals surface area contributed by atoms with Gasteiger partial charge in [0, 0.05) is 5.57 Å². The maximum Gasteiger partial charge on any atom is 0.196 e. The highest BCUT2D eigenvalue weighted by molar-refractivity contribution is 6.11. The summed E-state index contributed by atoms with van der Waals surface area (Å²) in [5.41, 5.74) is 3.40. The van der Waals surface area contributed by atoms with E-state index in [2.05, 4.69) is 39.5 Å². The van der Waals surface area contributed by atoms with Crippen LogP contribution in [0.15, 0.2) is 60.7 Å². The molecule has 0 spiro atoms. The molecule has 1 atom stereocenters. The molecule has 0 amide bonds. The molecule has 2 aromatic rings. The molecule has 22 heavy (non-hydrogen) atoms. The third-order valence-electron chi connectivity index (χ3n) is 4.06. The molecule has 1 heterocycles. The molecule has 0 radical (unpaired) electrons. The lowest BCUT2D eigenvalue weighted by Crippen LogP contribution is -2.23. The summed E-state index contributed by atoms with van der Waals surface area (Å²) in [6.45, 7) is 10.5. The Kier molecular flexibility index (Phi) is 3.40. The number of carbonyl (C=O) groups excluding carboxylic acids is 1. The van der Waals surface area contributed by atoms with Gasteiger partial charge in [0.15, 0.2) is 11.9 Å². The predicted molar refractivity (Wildman–Crippen MR) is 88.4 cm³/mol. The van der Waals surface area contributed by atoms with Crippen LogP contribution in [0.5, 0.6) is 5.75 Å².